The summed E-state index contributed by atoms with van der Waals surface area (Å²) in [6.07, 6.45) is 5.80. The fraction of sp³-hybridized carbons (Fsp3) is 0.400. The average molecular weight is 323 g/mol. The lowest BCUT2D eigenvalue weighted by Gasteiger charge is -2.29. The Labute approximate surface area is 122 Å². The van der Waals surface area contributed by atoms with Crippen molar-refractivity contribution in [2.45, 2.75) is 19.8 Å². The third kappa shape index (κ3) is 4.10. The molecule has 1 aliphatic heterocycles. The van der Waals surface area contributed by atoms with Gasteiger partial charge in [0.05, 0.1) is 0 Å². The number of benzene rings is 1. The molecule has 1 N–H and O–H groups in total. The molecule has 1 saturated heterocycles. The number of hydrogen-bond acceptors (Lipinski definition) is 1. The van der Waals surface area contributed by atoms with Crippen LogP contribution < -0.4 is 5.32 Å². The molecule has 0 spiro atoms. The number of piperidine rings is 1. The van der Waals surface area contributed by atoms with Crippen molar-refractivity contribution in [3.05, 3.63) is 40.5 Å². The number of nitrogens with zero attached hydrogens (tertiary/aromatic N) is 1. The highest BCUT2D eigenvalue weighted by atomic mass is 79.9. The number of halogens is 1. The topological polar surface area (TPSA) is 32.3 Å². The van der Waals surface area contributed by atoms with Gasteiger partial charge in [-0.15, -0.1) is 0 Å². The number of nitrogens with one attached hydrogen (secondary N) is 1. The van der Waals surface area contributed by atoms with E-state index in [0.717, 1.165) is 41.9 Å². The number of urea groups is 1. The van der Waals surface area contributed by atoms with Crippen molar-refractivity contribution in [2.75, 3.05) is 13.1 Å². The molecule has 0 atom stereocenters. The molecule has 1 heterocycles. The molecule has 1 fully saturated rings. The van der Waals surface area contributed by atoms with Crippen LogP contribution >= 0.6 is 15.9 Å². The molecule has 102 valence electrons. The second-order valence-electron chi connectivity index (χ2n) is 4.97. The minimum atomic E-state index is -0.00444. The van der Waals surface area contributed by atoms with Gasteiger partial charge in [-0.05, 0) is 36.5 Å². The summed E-state index contributed by atoms with van der Waals surface area (Å²) in [6, 6.07) is 7.91. The van der Waals surface area contributed by atoms with E-state index in [4.69, 9.17) is 0 Å². The van der Waals surface area contributed by atoms with Gasteiger partial charge in [-0.1, -0.05) is 41.1 Å². The molecule has 0 aromatic heterocycles. The third-order valence-electron chi connectivity index (χ3n) is 3.45. The van der Waals surface area contributed by atoms with E-state index in [9.17, 15) is 4.79 Å². The van der Waals surface area contributed by atoms with Gasteiger partial charge in [0.15, 0.2) is 0 Å². The van der Waals surface area contributed by atoms with E-state index in [-0.39, 0.29) is 6.03 Å². The van der Waals surface area contributed by atoms with Gasteiger partial charge < -0.3 is 10.2 Å². The smallest absolute Gasteiger partial charge is 0.321 e. The van der Waals surface area contributed by atoms with Crippen LogP contribution in [0.15, 0.2) is 34.9 Å². The van der Waals surface area contributed by atoms with Crippen molar-refractivity contribution in [3.63, 3.8) is 0 Å². The van der Waals surface area contributed by atoms with Crippen molar-refractivity contribution < 1.29 is 4.79 Å². The molecule has 1 aromatic rings. The predicted octanol–water partition coefficient (Wildman–Crippen LogP) is 3.86. The molecule has 0 radical (unpaired) electrons. The van der Waals surface area contributed by atoms with E-state index < -0.39 is 0 Å². The molecule has 2 rings (SSSR count). The summed E-state index contributed by atoms with van der Waals surface area (Å²) >= 11 is 3.47. The van der Waals surface area contributed by atoms with Crippen LogP contribution in [0.1, 0.15) is 25.3 Å². The minimum absolute atomic E-state index is 0.00444. The molecule has 0 saturated carbocycles. The van der Waals surface area contributed by atoms with Crippen LogP contribution in [0.25, 0.3) is 6.08 Å². The number of hydrogen-bond donors (Lipinski definition) is 1. The highest BCUT2D eigenvalue weighted by molar-refractivity contribution is 9.10. The van der Waals surface area contributed by atoms with E-state index in [1.165, 1.54) is 0 Å². The SMILES string of the molecule is CC1CCN(C(=O)N/C=C/c2ccccc2Br)CC1. The summed E-state index contributed by atoms with van der Waals surface area (Å²) < 4.78 is 1.02. The van der Waals surface area contributed by atoms with Gasteiger partial charge in [0.1, 0.15) is 0 Å². The fourth-order valence-electron chi connectivity index (χ4n) is 2.12. The number of carbonyl (C=O) groups excluding carboxylic acids is 1. The van der Waals surface area contributed by atoms with Gasteiger partial charge in [0, 0.05) is 23.8 Å². The Balaban J connectivity index is 1.85. The average Bonchev–Trinajstić information content (AvgIpc) is 2.41. The lowest BCUT2D eigenvalue weighted by Crippen LogP contribution is -2.42. The second-order valence-corrected chi connectivity index (χ2v) is 5.83. The highest BCUT2D eigenvalue weighted by Crippen LogP contribution is 2.17. The van der Waals surface area contributed by atoms with E-state index in [0.29, 0.717) is 0 Å². The number of likely N-dealkylation sites (tertiary alicyclic amines) is 1. The maximum atomic E-state index is 11.9. The maximum absolute atomic E-state index is 11.9. The molecule has 4 heteroatoms. The van der Waals surface area contributed by atoms with Crippen LogP contribution in [-0.4, -0.2) is 24.0 Å². The molecular formula is C15H19BrN2O. The zero-order chi connectivity index (χ0) is 13.7. The number of amides is 2. The fourth-order valence-corrected chi connectivity index (χ4v) is 2.53. The minimum Gasteiger partial charge on any atom is -0.325 e. The highest BCUT2D eigenvalue weighted by Gasteiger charge is 2.19. The van der Waals surface area contributed by atoms with Crippen LogP contribution in [0.2, 0.25) is 0 Å². The molecule has 2 amide bonds. The molecule has 19 heavy (non-hydrogen) atoms. The van der Waals surface area contributed by atoms with Crippen molar-refractivity contribution in [2.24, 2.45) is 5.92 Å². The van der Waals surface area contributed by atoms with Gasteiger partial charge in [-0.25, -0.2) is 4.79 Å². The summed E-state index contributed by atoms with van der Waals surface area (Å²) in [5, 5.41) is 2.83. The number of rotatable bonds is 2. The molecule has 0 bridgehead atoms. The van der Waals surface area contributed by atoms with Gasteiger partial charge in [0.2, 0.25) is 0 Å². The van der Waals surface area contributed by atoms with Crippen molar-refractivity contribution >= 4 is 28.0 Å². The molecule has 1 aliphatic rings. The lowest BCUT2D eigenvalue weighted by molar-refractivity contribution is 0.177. The molecular weight excluding hydrogens is 304 g/mol. The van der Waals surface area contributed by atoms with Gasteiger partial charge >= 0.3 is 6.03 Å². The van der Waals surface area contributed by atoms with E-state index in [1.54, 1.807) is 6.20 Å². The first-order valence-corrected chi connectivity index (χ1v) is 7.42. The summed E-state index contributed by atoms with van der Waals surface area (Å²) in [6.45, 7) is 3.95. The molecule has 0 unspecified atom stereocenters. The quantitative estimate of drug-likeness (QED) is 0.881. The Morgan fingerprint density at radius 2 is 2.05 bits per heavy atom. The molecule has 0 aliphatic carbocycles. The standard InChI is InChI=1S/C15H19BrN2O/c1-12-7-10-18(11-8-12)15(19)17-9-6-13-4-2-3-5-14(13)16/h2-6,9,12H,7-8,10-11H2,1H3,(H,17,19)/b9-6+. The summed E-state index contributed by atoms with van der Waals surface area (Å²) in [5.41, 5.74) is 1.05. The maximum Gasteiger partial charge on any atom is 0.321 e. The van der Waals surface area contributed by atoms with Crippen LogP contribution in [0, 0.1) is 5.92 Å². The number of carbonyl (C=O) groups is 1. The van der Waals surface area contributed by atoms with Gasteiger partial charge in [-0.2, -0.15) is 0 Å². The van der Waals surface area contributed by atoms with E-state index in [1.807, 2.05) is 35.2 Å². The lowest BCUT2D eigenvalue weighted by atomic mass is 10.00. The normalized spacial score (nSPS) is 16.8. The van der Waals surface area contributed by atoms with Crippen molar-refractivity contribution in [1.82, 2.24) is 10.2 Å². The van der Waals surface area contributed by atoms with Crippen molar-refractivity contribution in [3.8, 4) is 0 Å². The Kier molecular flexibility index (Phi) is 5.02. The second kappa shape index (κ2) is 6.75. The molecule has 3 nitrogen and oxygen atoms in total. The Hall–Kier alpha value is -1.29. The van der Waals surface area contributed by atoms with E-state index >= 15 is 0 Å². The largest absolute Gasteiger partial charge is 0.325 e. The summed E-state index contributed by atoms with van der Waals surface area (Å²) in [7, 11) is 0. The summed E-state index contributed by atoms with van der Waals surface area (Å²) in [5.74, 6) is 0.736. The summed E-state index contributed by atoms with van der Waals surface area (Å²) in [4.78, 5) is 13.8. The van der Waals surface area contributed by atoms with Crippen molar-refractivity contribution in [1.29, 1.82) is 0 Å². The molecule has 1 aromatic carbocycles. The third-order valence-corrected chi connectivity index (χ3v) is 4.17. The predicted molar refractivity (Wildman–Crippen MR) is 81.7 cm³/mol. The van der Waals surface area contributed by atoms with Crippen LogP contribution in [0.4, 0.5) is 4.79 Å². The Morgan fingerprint density at radius 1 is 1.37 bits per heavy atom. The van der Waals surface area contributed by atoms with Crippen LogP contribution in [0.3, 0.4) is 0 Å². The first-order chi connectivity index (χ1) is 9.16. The van der Waals surface area contributed by atoms with Crippen LogP contribution in [-0.2, 0) is 0 Å². The monoisotopic (exact) mass is 322 g/mol. The van der Waals surface area contributed by atoms with Crippen LogP contribution in [0.5, 0.6) is 0 Å². The zero-order valence-corrected chi connectivity index (χ0v) is 12.7. The first-order valence-electron chi connectivity index (χ1n) is 6.63. The Bertz CT molecular complexity index is 465. The zero-order valence-electron chi connectivity index (χ0n) is 11.1. The first kappa shape index (κ1) is 14.1. The van der Waals surface area contributed by atoms with Gasteiger partial charge in [-0.3, -0.25) is 0 Å². The van der Waals surface area contributed by atoms with E-state index in [2.05, 4.69) is 28.2 Å². The van der Waals surface area contributed by atoms with Gasteiger partial charge in [0.25, 0.3) is 0 Å². The Morgan fingerprint density at radius 3 is 2.74 bits per heavy atom.